The highest BCUT2D eigenvalue weighted by atomic mass is 16.5. The van der Waals surface area contributed by atoms with Crippen LogP contribution in [0, 0.1) is 0 Å². The van der Waals surface area contributed by atoms with Crippen LogP contribution in [0.2, 0.25) is 0 Å². The van der Waals surface area contributed by atoms with Crippen LogP contribution in [0.4, 0.5) is 5.69 Å². The lowest BCUT2D eigenvalue weighted by Crippen LogP contribution is -3.17. The third-order valence-corrected chi connectivity index (χ3v) is 3.93. The maximum atomic E-state index is 12.2. The van der Waals surface area contributed by atoms with E-state index in [1.165, 1.54) is 24.2 Å². The highest BCUT2D eigenvalue weighted by molar-refractivity contribution is 5.92. The largest absolute Gasteiger partial charge is 0.492 e. The molecule has 2 N–H and O–H groups in total. The van der Waals surface area contributed by atoms with Crippen molar-refractivity contribution in [2.45, 2.75) is 39.2 Å². The van der Waals surface area contributed by atoms with Crippen molar-refractivity contribution >= 4 is 11.6 Å². The van der Waals surface area contributed by atoms with Crippen LogP contribution < -0.4 is 15.0 Å². The molecular weight excluding hydrogens is 252 g/mol. The Kier molecular flexibility index (Phi) is 5.41. The molecule has 1 aromatic carbocycles. The number of nitrogens with one attached hydrogen (secondary N) is 2. The van der Waals surface area contributed by atoms with Crippen molar-refractivity contribution in [1.82, 2.24) is 0 Å². The van der Waals surface area contributed by atoms with Gasteiger partial charge in [0.1, 0.15) is 5.75 Å². The van der Waals surface area contributed by atoms with Gasteiger partial charge >= 0.3 is 0 Å². The second kappa shape index (κ2) is 7.29. The van der Waals surface area contributed by atoms with Gasteiger partial charge in [-0.05, 0) is 45.2 Å². The van der Waals surface area contributed by atoms with E-state index in [4.69, 9.17) is 4.74 Å². The van der Waals surface area contributed by atoms with Crippen LogP contribution >= 0.6 is 0 Å². The molecular formula is C16H25N2O2+. The van der Waals surface area contributed by atoms with E-state index in [2.05, 4.69) is 12.2 Å². The average Bonchev–Trinajstić information content (AvgIpc) is 2.44. The van der Waals surface area contributed by atoms with Gasteiger partial charge in [-0.2, -0.15) is 0 Å². The Balaban J connectivity index is 1.94. The number of anilines is 1. The van der Waals surface area contributed by atoms with Crippen molar-refractivity contribution in [2.75, 3.05) is 25.0 Å². The summed E-state index contributed by atoms with van der Waals surface area (Å²) in [6.07, 6.45) is 3.74. The van der Waals surface area contributed by atoms with Gasteiger partial charge in [0.25, 0.3) is 5.91 Å². The number of likely N-dealkylation sites (tertiary alicyclic amines) is 1. The minimum atomic E-state index is 0.0703. The zero-order chi connectivity index (χ0) is 14.4. The number of benzene rings is 1. The Labute approximate surface area is 121 Å². The zero-order valence-corrected chi connectivity index (χ0v) is 12.4. The van der Waals surface area contributed by atoms with Crippen molar-refractivity contribution in [1.29, 1.82) is 0 Å². The first-order chi connectivity index (χ1) is 9.70. The van der Waals surface area contributed by atoms with Crippen molar-refractivity contribution in [3.05, 3.63) is 24.3 Å². The lowest BCUT2D eigenvalue weighted by molar-refractivity contribution is -0.920. The van der Waals surface area contributed by atoms with Gasteiger partial charge in [-0.3, -0.25) is 4.79 Å². The number of para-hydroxylation sites is 2. The first kappa shape index (κ1) is 14.9. The van der Waals surface area contributed by atoms with Crippen molar-refractivity contribution < 1.29 is 14.4 Å². The molecule has 1 saturated heterocycles. The fourth-order valence-corrected chi connectivity index (χ4v) is 2.77. The van der Waals surface area contributed by atoms with Crippen LogP contribution in [0.15, 0.2) is 24.3 Å². The smallest absolute Gasteiger partial charge is 0.279 e. The van der Waals surface area contributed by atoms with Gasteiger partial charge in [0.2, 0.25) is 0 Å². The molecule has 0 saturated carbocycles. The van der Waals surface area contributed by atoms with Gasteiger partial charge in [-0.1, -0.05) is 12.1 Å². The van der Waals surface area contributed by atoms with E-state index in [-0.39, 0.29) is 5.91 Å². The van der Waals surface area contributed by atoms with E-state index >= 15 is 0 Å². The molecule has 1 fully saturated rings. The molecule has 1 amide bonds. The van der Waals surface area contributed by atoms with E-state index in [0.717, 1.165) is 18.0 Å². The molecule has 0 spiro atoms. The standard InChI is InChI=1S/C16H24N2O2/c1-3-20-15-10-5-4-9-14(15)17-16(19)12-18-11-7-6-8-13(18)2/h4-5,9-10,13H,3,6-8,11-12H2,1-2H3,(H,17,19)/p+1/t13-/m0/s1. The maximum absolute atomic E-state index is 12.2. The Morgan fingerprint density at radius 3 is 2.95 bits per heavy atom. The van der Waals surface area contributed by atoms with E-state index in [0.29, 0.717) is 19.2 Å². The summed E-state index contributed by atoms with van der Waals surface area (Å²) in [5.74, 6) is 0.811. The van der Waals surface area contributed by atoms with Crippen molar-refractivity contribution in [3.8, 4) is 5.75 Å². The summed E-state index contributed by atoms with van der Waals surface area (Å²) in [6.45, 7) is 6.42. The number of carbonyl (C=O) groups excluding carboxylic acids is 1. The third-order valence-electron chi connectivity index (χ3n) is 3.93. The molecule has 1 aliphatic rings. The third kappa shape index (κ3) is 3.97. The quantitative estimate of drug-likeness (QED) is 0.856. The molecule has 0 aromatic heterocycles. The van der Waals surface area contributed by atoms with E-state index < -0.39 is 0 Å². The summed E-state index contributed by atoms with van der Waals surface area (Å²) in [6, 6.07) is 8.18. The summed E-state index contributed by atoms with van der Waals surface area (Å²) in [5.41, 5.74) is 0.767. The summed E-state index contributed by atoms with van der Waals surface area (Å²) < 4.78 is 5.53. The van der Waals surface area contributed by atoms with Crippen LogP contribution in [-0.2, 0) is 4.79 Å². The summed E-state index contributed by atoms with van der Waals surface area (Å²) in [5, 5.41) is 2.98. The predicted octanol–water partition coefficient (Wildman–Crippen LogP) is 1.48. The number of ether oxygens (including phenoxy) is 1. The van der Waals surface area contributed by atoms with Gasteiger partial charge in [-0.25, -0.2) is 0 Å². The minimum absolute atomic E-state index is 0.0703. The number of quaternary nitrogens is 1. The molecule has 110 valence electrons. The predicted molar refractivity (Wildman–Crippen MR) is 80.3 cm³/mol. The normalized spacial score (nSPS) is 22.3. The Morgan fingerprint density at radius 2 is 2.20 bits per heavy atom. The average molecular weight is 277 g/mol. The molecule has 1 heterocycles. The number of amides is 1. The molecule has 0 bridgehead atoms. The van der Waals surface area contributed by atoms with Gasteiger partial charge in [-0.15, -0.1) is 0 Å². The Morgan fingerprint density at radius 1 is 1.40 bits per heavy atom. The monoisotopic (exact) mass is 277 g/mol. The van der Waals surface area contributed by atoms with Crippen LogP contribution in [-0.4, -0.2) is 31.6 Å². The molecule has 1 aliphatic heterocycles. The number of hydrogen-bond acceptors (Lipinski definition) is 2. The van der Waals surface area contributed by atoms with Gasteiger partial charge in [0.15, 0.2) is 6.54 Å². The van der Waals surface area contributed by atoms with Crippen LogP contribution in [0.25, 0.3) is 0 Å². The molecule has 2 atom stereocenters. The van der Waals surface area contributed by atoms with Gasteiger partial charge in [0.05, 0.1) is 24.9 Å². The molecule has 4 nitrogen and oxygen atoms in total. The SMILES string of the molecule is CCOc1ccccc1NC(=O)C[NH+]1CCCC[C@@H]1C. The number of carbonyl (C=O) groups is 1. The molecule has 20 heavy (non-hydrogen) atoms. The van der Waals surface area contributed by atoms with Crippen LogP contribution in [0.1, 0.15) is 33.1 Å². The van der Waals surface area contributed by atoms with E-state index in [9.17, 15) is 4.79 Å². The summed E-state index contributed by atoms with van der Waals surface area (Å²) >= 11 is 0. The fraction of sp³-hybridized carbons (Fsp3) is 0.562. The van der Waals surface area contributed by atoms with Crippen molar-refractivity contribution in [2.24, 2.45) is 0 Å². The second-order valence-corrected chi connectivity index (χ2v) is 5.46. The lowest BCUT2D eigenvalue weighted by atomic mass is 10.0. The number of piperidine rings is 1. The lowest BCUT2D eigenvalue weighted by Gasteiger charge is -2.29. The van der Waals surface area contributed by atoms with E-state index in [1.54, 1.807) is 0 Å². The van der Waals surface area contributed by atoms with Gasteiger partial charge < -0.3 is 15.0 Å². The fourth-order valence-electron chi connectivity index (χ4n) is 2.77. The molecule has 2 rings (SSSR count). The first-order valence-corrected chi connectivity index (χ1v) is 7.57. The van der Waals surface area contributed by atoms with Crippen LogP contribution in [0.3, 0.4) is 0 Å². The van der Waals surface area contributed by atoms with Gasteiger partial charge in [0, 0.05) is 0 Å². The number of rotatable bonds is 5. The molecule has 0 aliphatic carbocycles. The Bertz CT molecular complexity index is 448. The second-order valence-electron chi connectivity index (χ2n) is 5.46. The zero-order valence-electron chi connectivity index (χ0n) is 12.4. The Hall–Kier alpha value is -1.55. The number of hydrogen-bond donors (Lipinski definition) is 2. The molecule has 0 radical (unpaired) electrons. The summed E-state index contributed by atoms with van der Waals surface area (Å²) in [4.78, 5) is 13.6. The molecule has 1 aromatic rings. The molecule has 4 heteroatoms. The van der Waals surface area contributed by atoms with Crippen LogP contribution in [0.5, 0.6) is 5.75 Å². The highest BCUT2D eigenvalue weighted by Crippen LogP contribution is 2.23. The van der Waals surface area contributed by atoms with Crippen molar-refractivity contribution in [3.63, 3.8) is 0 Å². The molecule has 1 unspecified atom stereocenters. The minimum Gasteiger partial charge on any atom is -0.492 e. The maximum Gasteiger partial charge on any atom is 0.279 e. The summed E-state index contributed by atoms with van der Waals surface area (Å²) in [7, 11) is 0. The van der Waals surface area contributed by atoms with E-state index in [1.807, 2.05) is 31.2 Å². The topological polar surface area (TPSA) is 42.8 Å². The first-order valence-electron chi connectivity index (χ1n) is 7.57. The highest BCUT2D eigenvalue weighted by Gasteiger charge is 2.24.